The maximum absolute atomic E-state index is 12.5. The zero-order valence-corrected chi connectivity index (χ0v) is 16.2. The zero-order chi connectivity index (χ0) is 17.8. The third-order valence-corrected chi connectivity index (χ3v) is 6.85. The van der Waals surface area contributed by atoms with E-state index in [9.17, 15) is 4.79 Å². The highest BCUT2D eigenvalue weighted by molar-refractivity contribution is 7.99. The van der Waals surface area contributed by atoms with Gasteiger partial charge >= 0.3 is 0 Å². The molecular weight excluding hydrogens is 350 g/mol. The van der Waals surface area contributed by atoms with Crippen LogP contribution in [-0.2, 0) is 9.53 Å². The van der Waals surface area contributed by atoms with Crippen LogP contribution in [0, 0.1) is 0 Å². The molecule has 1 aromatic heterocycles. The van der Waals surface area contributed by atoms with Crippen molar-refractivity contribution in [2.75, 3.05) is 38.6 Å². The number of nitrogens with zero attached hydrogens (tertiary/aromatic N) is 4. The van der Waals surface area contributed by atoms with E-state index in [-0.39, 0.29) is 11.4 Å². The SMILES string of the molecule is O=C(CSc1nncn1C1CC1)NCC1(N2CCOCC2)CCCCC1. The molecule has 0 bridgehead atoms. The van der Waals surface area contributed by atoms with Crippen LogP contribution in [0.15, 0.2) is 11.5 Å². The molecule has 2 heterocycles. The standard InChI is InChI=1S/C18H29N5O2S/c24-16(12-26-17-21-20-14-23(17)15-4-5-15)19-13-18(6-2-1-3-7-18)22-8-10-25-11-9-22/h14-15H,1-13H2,(H,19,24). The van der Waals surface area contributed by atoms with Crippen LogP contribution in [0.2, 0.25) is 0 Å². The highest BCUT2D eigenvalue weighted by Crippen LogP contribution is 2.37. The number of carbonyl (C=O) groups is 1. The maximum atomic E-state index is 12.5. The minimum atomic E-state index is 0.0959. The molecule has 26 heavy (non-hydrogen) atoms. The second-order valence-corrected chi connectivity index (χ2v) is 8.64. The number of aromatic nitrogens is 3. The van der Waals surface area contributed by atoms with Gasteiger partial charge < -0.3 is 14.6 Å². The molecule has 1 N–H and O–H groups in total. The molecule has 3 fully saturated rings. The van der Waals surface area contributed by atoms with E-state index in [1.165, 1.54) is 56.7 Å². The molecule has 0 unspecified atom stereocenters. The fraction of sp³-hybridized carbons (Fsp3) is 0.833. The lowest BCUT2D eigenvalue weighted by atomic mass is 9.79. The van der Waals surface area contributed by atoms with Crippen molar-refractivity contribution >= 4 is 17.7 Å². The van der Waals surface area contributed by atoms with Crippen molar-refractivity contribution in [3.63, 3.8) is 0 Å². The van der Waals surface area contributed by atoms with Crippen molar-refractivity contribution in [2.24, 2.45) is 0 Å². The van der Waals surface area contributed by atoms with E-state index in [2.05, 4.69) is 25.0 Å². The average Bonchev–Trinajstić information content (AvgIpc) is 3.44. The lowest BCUT2D eigenvalue weighted by Crippen LogP contribution is -2.59. The predicted molar refractivity (Wildman–Crippen MR) is 100 cm³/mol. The molecule has 7 nitrogen and oxygen atoms in total. The van der Waals surface area contributed by atoms with Crippen LogP contribution in [-0.4, -0.2) is 69.7 Å². The Morgan fingerprint density at radius 2 is 2.04 bits per heavy atom. The van der Waals surface area contributed by atoms with Crippen molar-refractivity contribution < 1.29 is 9.53 Å². The third-order valence-electron chi connectivity index (χ3n) is 5.89. The van der Waals surface area contributed by atoms with E-state index in [0.717, 1.165) is 38.0 Å². The number of thioether (sulfide) groups is 1. The van der Waals surface area contributed by atoms with Gasteiger partial charge in [0.2, 0.25) is 5.91 Å². The molecule has 1 aromatic rings. The van der Waals surface area contributed by atoms with Crippen molar-refractivity contribution in [1.29, 1.82) is 0 Å². The smallest absolute Gasteiger partial charge is 0.230 e. The van der Waals surface area contributed by atoms with Gasteiger partial charge in [-0.1, -0.05) is 31.0 Å². The van der Waals surface area contributed by atoms with Crippen molar-refractivity contribution in [2.45, 2.75) is 61.7 Å². The number of rotatable bonds is 7. The van der Waals surface area contributed by atoms with Crippen LogP contribution in [0.5, 0.6) is 0 Å². The monoisotopic (exact) mass is 379 g/mol. The first kappa shape index (κ1) is 18.3. The summed E-state index contributed by atoms with van der Waals surface area (Å²) in [4.78, 5) is 15.0. The molecule has 8 heteroatoms. The fourth-order valence-electron chi connectivity index (χ4n) is 4.24. The number of hydrogen-bond acceptors (Lipinski definition) is 6. The molecule has 1 aliphatic heterocycles. The lowest BCUT2D eigenvalue weighted by Gasteiger charge is -2.48. The topological polar surface area (TPSA) is 72.3 Å². The Labute approximate surface area is 159 Å². The molecular formula is C18H29N5O2S. The molecule has 1 amide bonds. The summed E-state index contributed by atoms with van der Waals surface area (Å²) in [5.41, 5.74) is 0.121. The van der Waals surface area contributed by atoms with Gasteiger partial charge in [0.05, 0.1) is 19.0 Å². The molecule has 0 radical (unpaired) electrons. The molecule has 4 rings (SSSR count). The van der Waals surface area contributed by atoms with Gasteiger partial charge in [0.25, 0.3) is 0 Å². The Hall–Kier alpha value is -1.12. The fourth-order valence-corrected chi connectivity index (χ4v) is 5.05. The van der Waals surface area contributed by atoms with Gasteiger partial charge in [-0.25, -0.2) is 0 Å². The van der Waals surface area contributed by atoms with Crippen molar-refractivity contribution in [1.82, 2.24) is 25.0 Å². The lowest BCUT2D eigenvalue weighted by molar-refractivity contribution is -0.119. The Morgan fingerprint density at radius 3 is 2.77 bits per heavy atom. The molecule has 1 saturated heterocycles. The number of nitrogens with one attached hydrogen (secondary N) is 1. The number of ether oxygens (including phenoxy) is 1. The van der Waals surface area contributed by atoms with Crippen molar-refractivity contribution in [3.8, 4) is 0 Å². The molecule has 0 atom stereocenters. The summed E-state index contributed by atoms with van der Waals surface area (Å²) in [5.74, 6) is 0.503. The molecule has 3 aliphatic rings. The van der Waals surface area contributed by atoms with Gasteiger partial charge in [-0.2, -0.15) is 0 Å². The van der Waals surface area contributed by atoms with Gasteiger partial charge in [0, 0.05) is 31.2 Å². The quantitative estimate of drug-likeness (QED) is 0.729. The number of amides is 1. The first-order valence-corrected chi connectivity index (χ1v) is 10.9. The van der Waals surface area contributed by atoms with Gasteiger partial charge in [-0.3, -0.25) is 9.69 Å². The second kappa shape index (κ2) is 8.27. The largest absolute Gasteiger partial charge is 0.379 e. The zero-order valence-electron chi connectivity index (χ0n) is 15.4. The van der Waals surface area contributed by atoms with E-state index in [4.69, 9.17) is 4.74 Å². The van der Waals surface area contributed by atoms with Crippen LogP contribution >= 0.6 is 11.8 Å². The first-order valence-electron chi connectivity index (χ1n) is 9.89. The summed E-state index contributed by atoms with van der Waals surface area (Å²) in [6, 6.07) is 0.544. The highest BCUT2D eigenvalue weighted by atomic mass is 32.2. The van der Waals surface area contributed by atoms with Crippen molar-refractivity contribution in [3.05, 3.63) is 6.33 Å². The van der Waals surface area contributed by atoms with E-state index in [1.807, 2.05) is 0 Å². The van der Waals surface area contributed by atoms with Crippen LogP contribution < -0.4 is 5.32 Å². The molecule has 2 aliphatic carbocycles. The second-order valence-electron chi connectivity index (χ2n) is 7.70. The molecule has 0 spiro atoms. The Balaban J connectivity index is 1.30. The van der Waals surface area contributed by atoms with E-state index in [0.29, 0.717) is 11.8 Å². The summed E-state index contributed by atoms with van der Waals surface area (Å²) in [5, 5.41) is 12.2. The minimum Gasteiger partial charge on any atom is -0.379 e. The van der Waals surface area contributed by atoms with E-state index >= 15 is 0 Å². The summed E-state index contributed by atoms with van der Waals surface area (Å²) in [7, 11) is 0. The Kier molecular flexibility index (Phi) is 5.81. The predicted octanol–water partition coefficient (Wildman–Crippen LogP) is 1.86. The Bertz CT molecular complexity index is 606. The number of carbonyl (C=O) groups excluding carboxylic acids is 1. The van der Waals surface area contributed by atoms with Crippen LogP contribution in [0.3, 0.4) is 0 Å². The third kappa shape index (κ3) is 4.23. The normalized spacial score (nSPS) is 23.7. The van der Waals surface area contributed by atoms with Gasteiger partial charge in [-0.15, -0.1) is 10.2 Å². The van der Waals surface area contributed by atoms with Crippen LogP contribution in [0.25, 0.3) is 0 Å². The van der Waals surface area contributed by atoms with Gasteiger partial charge in [0.1, 0.15) is 6.33 Å². The highest BCUT2D eigenvalue weighted by Gasteiger charge is 2.38. The Morgan fingerprint density at radius 1 is 1.27 bits per heavy atom. The average molecular weight is 380 g/mol. The summed E-state index contributed by atoms with van der Waals surface area (Å²) in [6.07, 6.45) is 10.4. The number of morpholine rings is 1. The summed E-state index contributed by atoms with van der Waals surface area (Å²) in [6.45, 7) is 4.33. The first-order chi connectivity index (χ1) is 12.8. The minimum absolute atomic E-state index is 0.0959. The van der Waals surface area contributed by atoms with E-state index < -0.39 is 0 Å². The molecule has 0 aromatic carbocycles. The molecule has 2 saturated carbocycles. The molecule has 144 valence electrons. The van der Waals surface area contributed by atoms with Gasteiger partial charge in [0.15, 0.2) is 5.16 Å². The number of hydrogen-bond donors (Lipinski definition) is 1. The maximum Gasteiger partial charge on any atom is 0.230 e. The van der Waals surface area contributed by atoms with Crippen LogP contribution in [0.1, 0.15) is 51.0 Å². The summed E-state index contributed by atoms with van der Waals surface area (Å²) < 4.78 is 7.63. The summed E-state index contributed by atoms with van der Waals surface area (Å²) >= 11 is 1.49. The van der Waals surface area contributed by atoms with Crippen LogP contribution in [0.4, 0.5) is 0 Å². The van der Waals surface area contributed by atoms with Gasteiger partial charge in [-0.05, 0) is 25.7 Å². The van der Waals surface area contributed by atoms with E-state index in [1.54, 1.807) is 6.33 Å².